The number of hydrogen-bond donors (Lipinski definition) is 1. The summed E-state index contributed by atoms with van der Waals surface area (Å²) in [7, 11) is -2.47. The first-order valence-corrected chi connectivity index (χ1v) is 17.2. The molecule has 4 rings (SSSR count). The minimum atomic E-state index is -3.59. The van der Waals surface area contributed by atoms with Crippen LogP contribution in [0, 0.1) is 46.3 Å². The van der Waals surface area contributed by atoms with Crippen LogP contribution in [0.3, 0.4) is 0 Å². The molecule has 1 N–H and O–H groups in total. The monoisotopic (exact) mass is 597 g/mol. The summed E-state index contributed by atoms with van der Waals surface area (Å²) in [6.45, 7) is 10.2. The number of fused-ring (bicyclic) bond motifs is 5. The van der Waals surface area contributed by atoms with Crippen molar-refractivity contribution >= 4 is 28.0 Å². The topological polar surface area (TPSA) is 125 Å². The van der Waals surface area contributed by atoms with E-state index in [-0.39, 0.29) is 53.2 Å². The SMILES string of the molecule is COS(=O)(=O)CCNC(=O)CCC(C)C1CCC2C3C(OC(C)=O)CC4CC(OC(C)=O)CCC4(C)C3CCC12C. The maximum absolute atomic E-state index is 12.5. The Morgan fingerprint density at radius 2 is 1.59 bits per heavy atom. The Labute approximate surface area is 246 Å². The van der Waals surface area contributed by atoms with Crippen LogP contribution < -0.4 is 5.32 Å². The van der Waals surface area contributed by atoms with Gasteiger partial charge in [0.25, 0.3) is 10.1 Å². The second kappa shape index (κ2) is 12.5. The van der Waals surface area contributed by atoms with Gasteiger partial charge in [0.15, 0.2) is 0 Å². The second-order valence-corrected chi connectivity index (χ2v) is 15.8. The predicted molar refractivity (Wildman–Crippen MR) is 154 cm³/mol. The summed E-state index contributed by atoms with van der Waals surface area (Å²) < 4.78 is 39.2. The van der Waals surface area contributed by atoms with Crippen molar-refractivity contribution in [1.82, 2.24) is 5.32 Å². The molecule has 4 saturated carbocycles. The molecule has 0 radical (unpaired) electrons. The first-order chi connectivity index (χ1) is 19.2. The van der Waals surface area contributed by atoms with Gasteiger partial charge in [0.05, 0.1) is 12.9 Å². The molecule has 0 saturated heterocycles. The molecule has 0 spiro atoms. The summed E-state index contributed by atoms with van der Waals surface area (Å²) in [5, 5.41) is 2.72. The number of rotatable bonds is 10. The average Bonchev–Trinajstić information content (AvgIpc) is 3.24. The van der Waals surface area contributed by atoms with Gasteiger partial charge in [0.2, 0.25) is 5.91 Å². The zero-order valence-corrected chi connectivity index (χ0v) is 26.6. The molecule has 0 aromatic rings. The predicted octanol–water partition coefficient (Wildman–Crippen LogP) is 4.63. The Hall–Kier alpha value is -1.68. The third-order valence-corrected chi connectivity index (χ3v) is 13.0. The van der Waals surface area contributed by atoms with E-state index in [4.69, 9.17) is 9.47 Å². The lowest BCUT2D eigenvalue weighted by atomic mass is 9.43. The van der Waals surface area contributed by atoms with Crippen LogP contribution in [0.15, 0.2) is 0 Å². The smallest absolute Gasteiger partial charge is 0.302 e. The Balaban J connectivity index is 1.44. The van der Waals surface area contributed by atoms with Crippen molar-refractivity contribution in [2.24, 2.45) is 46.3 Å². The van der Waals surface area contributed by atoms with Crippen molar-refractivity contribution in [1.29, 1.82) is 0 Å². The molecular formula is C31H51NO8S. The molecule has 0 aliphatic heterocycles. The third kappa shape index (κ3) is 6.78. The van der Waals surface area contributed by atoms with Crippen LogP contribution in [0.25, 0.3) is 0 Å². The molecule has 0 heterocycles. The van der Waals surface area contributed by atoms with Gasteiger partial charge in [0.1, 0.15) is 12.2 Å². The summed E-state index contributed by atoms with van der Waals surface area (Å²) in [5.41, 5.74) is 0.275. The van der Waals surface area contributed by atoms with E-state index in [1.165, 1.54) is 13.8 Å². The fraction of sp³-hybridized carbons (Fsp3) is 0.903. The zero-order chi connectivity index (χ0) is 30.2. The number of carbonyl (C=O) groups excluding carboxylic acids is 3. The van der Waals surface area contributed by atoms with Crippen LogP contribution in [0.4, 0.5) is 0 Å². The van der Waals surface area contributed by atoms with Crippen molar-refractivity contribution in [3.8, 4) is 0 Å². The van der Waals surface area contributed by atoms with Crippen molar-refractivity contribution in [2.45, 2.75) is 111 Å². The number of hydrogen-bond acceptors (Lipinski definition) is 8. The number of amides is 1. The van der Waals surface area contributed by atoms with Gasteiger partial charge in [-0.1, -0.05) is 20.8 Å². The lowest BCUT2D eigenvalue weighted by Crippen LogP contribution is -2.59. The third-order valence-electron chi connectivity index (χ3n) is 11.8. The number of ether oxygens (including phenoxy) is 2. The summed E-state index contributed by atoms with van der Waals surface area (Å²) in [5.74, 6) is 1.67. The first-order valence-electron chi connectivity index (χ1n) is 15.6. The highest BCUT2D eigenvalue weighted by atomic mass is 32.2. The van der Waals surface area contributed by atoms with E-state index in [0.717, 1.165) is 64.9 Å². The van der Waals surface area contributed by atoms with Crippen molar-refractivity contribution in [2.75, 3.05) is 19.4 Å². The molecule has 10 unspecified atom stereocenters. The van der Waals surface area contributed by atoms with Crippen LogP contribution in [0.2, 0.25) is 0 Å². The minimum absolute atomic E-state index is 0.0488. The highest BCUT2D eigenvalue weighted by Crippen LogP contribution is 2.68. The van der Waals surface area contributed by atoms with Gasteiger partial charge < -0.3 is 14.8 Å². The van der Waals surface area contributed by atoms with E-state index in [0.29, 0.717) is 41.9 Å². The molecule has 1 amide bonds. The normalized spacial score (nSPS) is 39.0. The molecular weight excluding hydrogens is 546 g/mol. The molecule has 10 heteroatoms. The lowest BCUT2D eigenvalue weighted by Gasteiger charge is -2.62. The van der Waals surface area contributed by atoms with Gasteiger partial charge in [-0.25, -0.2) is 0 Å². The van der Waals surface area contributed by atoms with Crippen LogP contribution in [-0.2, 0) is 38.2 Å². The molecule has 41 heavy (non-hydrogen) atoms. The molecule has 4 aliphatic carbocycles. The van der Waals surface area contributed by atoms with Gasteiger partial charge >= 0.3 is 11.9 Å². The average molecular weight is 598 g/mol. The van der Waals surface area contributed by atoms with Crippen LogP contribution in [-0.4, -0.2) is 57.9 Å². The van der Waals surface area contributed by atoms with Crippen LogP contribution >= 0.6 is 0 Å². The molecule has 4 fully saturated rings. The number of carbonyl (C=O) groups is 3. The van der Waals surface area contributed by atoms with Gasteiger partial charge in [-0.2, -0.15) is 8.42 Å². The molecule has 234 valence electrons. The quantitative estimate of drug-likeness (QED) is 0.286. The maximum Gasteiger partial charge on any atom is 0.302 e. The molecule has 0 aromatic carbocycles. The molecule has 4 aliphatic rings. The molecule has 0 bridgehead atoms. The second-order valence-electron chi connectivity index (χ2n) is 13.9. The Bertz CT molecular complexity index is 1090. The highest BCUT2D eigenvalue weighted by Gasteiger charge is 2.64. The molecule has 10 atom stereocenters. The van der Waals surface area contributed by atoms with E-state index in [9.17, 15) is 22.8 Å². The van der Waals surface area contributed by atoms with E-state index >= 15 is 0 Å². The van der Waals surface area contributed by atoms with Crippen LogP contribution in [0.1, 0.15) is 98.8 Å². The summed E-state index contributed by atoms with van der Waals surface area (Å²) in [6.07, 6.45) is 9.05. The van der Waals surface area contributed by atoms with E-state index in [1.54, 1.807) is 0 Å². The molecule has 0 aromatic heterocycles. The maximum atomic E-state index is 12.5. The van der Waals surface area contributed by atoms with Gasteiger partial charge in [-0.05, 0) is 98.2 Å². The van der Waals surface area contributed by atoms with Gasteiger partial charge in [-0.3, -0.25) is 18.6 Å². The van der Waals surface area contributed by atoms with Crippen molar-refractivity contribution in [3.63, 3.8) is 0 Å². The van der Waals surface area contributed by atoms with Gasteiger partial charge in [-0.15, -0.1) is 0 Å². The summed E-state index contributed by atoms with van der Waals surface area (Å²) in [4.78, 5) is 36.4. The lowest BCUT2D eigenvalue weighted by molar-refractivity contribution is -0.197. The standard InChI is InChI=1S/C31H51NO8S/c1-19(7-10-28(35)32-15-16-41(36,37)38-6)24-8-9-25-29-26(12-14-31(24,25)5)30(4)13-11-23(39-20(2)33)17-22(30)18-27(29)40-21(3)34/h19,22-27,29H,7-18H2,1-6H3,(H,32,35). The molecule has 9 nitrogen and oxygen atoms in total. The van der Waals surface area contributed by atoms with Crippen molar-refractivity contribution in [3.05, 3.63) is 0 Å². The summed E-state index contributed by atoms with van der Waals surface area (Å²) >= 11 is 0. The van der Waals surface area contributed by atoms with Gasteiger partial charge in [0, 0.05) is 32.7 Å². The fourth-order valence-corrected chi connectivity index (χ4v) is 10.4. The van der Waals surface area contributed by atoms with E-state index in [2.05, 4.69) is 30.3 Å². The van der Waals surface area contributed by atoms with E-state index < -0.39 is 10.1 Å². The first kappa shape index (κ1) is 32.2. The van der Waals surface area contributed by atoms with Crippen LogP contribution in [0.5, 0.6) is 0 Å². The Kier molecular flexibility index (Phi) is 9.84. The fourth-order valence-electron chi connectivity index (χ4n) is 9.86. The Morgan fingerprint density at radius 3 is 2.24 bits per heavy atom. The number of nitrogens with one attached hydrogen (secondary N) is 1. The largest absolute Gasteiger partial charge is 0.463 e. The zero-order valence-electron chi connectivity index (χ0n) is 25.8. The summed E-state index contributed by atoms with van der Waals surface area (Å²) in [6, 6.07) is 0. The Morgan fingerprint density at radius 1 is 0.927 bits per heavy atom. The van der Waals surface area contributed by atoms with Crippen molar-refractivity contribution < 1.29 is 36.5 Å². The number of esters is 2. The highest BCUT2D eigenvalue weighted by molar-refractivity contribution is 7.86. The minimum Gasteiger partial charge on any atom is -0.463 e. The van der Waals surface area contributed by atoms with E-state index in [1.807, 2.05) is 0 Å².